The molecule has 2 aromatic rings. The number of rotatable bonds is 7. The average Bonchev–Trinajstić information content (AvgIpc) is 3.14. The molecule has 25 heavy (non-hydrogen) atoms. The van der Waals surface area contributed by atoms with Crippen molar-refractivity contribution in [2.24, 2.45) is 0 Å². The number of thiophene rings is 1. The van der Waals surface area contributed by atoms with E-state index in [9.17, 15) is 9.90 Å². The minimum absolute atomic E-state index is 0.0173. The molecule has 0 fully saturated rings. The van der Waals surface area contributed by atoms with Crippen molar-refractivity contribution in [1.82, 2.24) is 4.90 Å². The number of aliphatic hydroxyl groups excluding tert-OH is 1. The van der Waals surface area contributed by atoms with Crippen molar-refractivity contribution in [2.45, 2.75) is 19.8 Å². The molecule has 2 heterocycles. The van der Waals surface area contributed by atoms with E-state index in [1.807, 2.05) is 30.3 Å². The van der Waals surface area contributed by atoms with E-state index in [0.29, 0.717) is 31.2 Å². The highest BCUT2D eigenvalue weighted by Crippen LogP contribution is 2.37. The third-order valence-electron chi connectivity index (χ3n) is 4.08. The minimum Gasteiger partial charge on any atom is -0.486 e. The van der Waals surface area contributed by atoms with E-state index in [1.165, 1.54) is 11.3 Å². The highest BCUT2D eigenvalue weighted by molar-refractivity contribution is 7.17. The zero-order chi connectivity index (χ0) is 17.6. The number of carbonyl (C=O) groups excluding carboxylic acids is 1. The lowest BCUT2D eigenvalue weighted by atomic mass is 10.1. The summed E-state index contributed by atoms with van der Waals surface area (Å²) in [4.78, 5) is 16.1. The Balaban J connectivity index is 1.78. The SMILES string of the molecule is CCCCN(CCO)C(=O)c1ccc(-c2ccc3c(c2)OCCO3)s1. The maximum absolute atomic E-state index is 12.7. The van der Waals surface area contributed by atoms with E-state index in [1.54, 1.807) is 4.90 Å². The third kappa shape index (κ3) is 4.14. The summed E-state index contributed by atoms with van der Waals surface area (Å²) in [5.74, 6) is 1.49. The van der Waals surface area contributed by atoms with Gasteiger partial charge in [0.2, 0.25) is 0 Å². The maximum atomic E-state index is 12.7. The Morgan fingerprint density at radius 3 is 2.72 bits per heavy atom. The number of carbonyl (C=O) groups is 1. The fourth-order valence-electron chi connectivity index (χ4n) is 2.75. The molecule has 0 spiro atoms. The highest BCUT2D eigenvalue weighted by Gasteiger charge is 2.18. The number of benzene rings is 1. The van der Waals surface area contributed by atoms with Gasteiger partial charge in [-0.1, -0.05) is 13.3 Å². The van der Waals surface area contributed by atoms with Gasteiger partial charge >= 0.3 is 0 Å². The van der Waals surface area contributed by atoms with Gasteiger partial charge in [0.1, 0.15) is 13.2 Å². The van der Waals surface area contributed by atoms with Gasteiger partial charge in [0.05, 0.1) is 11.5 Å². The quantitative estimate of drug-likeness (QED) is 0.821. The van der Waals surface area contributed by atoms with Gasteiger partial charge in [0.15, 0.2) is 11.5 Å². The van der Waals surface area contributed by atoms with Crippen LogP contribution in [0.1, 0.15) is 29.4 Å². The first kappa shape index (κ1) is 17.8. The summed E-state index contributed by atoms with van der Waals surface area (Å²) in [5, 5.41) is 9.21. The van der Waals surface area contributed by atoms with Crippen LogP contribution in [0.15, 0.2) is 30.3 Å². The summed E-state index contributed by atoms with van der Waals surface area (Å²) in [6.07, 6.45) is 1.95. The molecule has 1 N–H and O–H groups in total. The van der Waals surface area contributed by atoms with Crippen molar-refractivity contribution >= 4 is 17.2 Å². The second-order valence-corrected chi connectivity index (χ2v) is 6.98. The van der Waals surface area contributed by atoms with Gasteiger partial charge in [-0.05, 0) is 42.3 Å². The van der Waals surface area contributed by atoms with Gasteiger partial charge in [-0.3, -0.25) is 4.79 Å². The fourth-order valence-corrected chi connectivity index (χ4v) is 3.72. The van der Waals surface area contributed by atoms with Crippen LogP contribution in [0, 0.1) is 0 Å². The number of nitrogens with zero attached hydrogens (tertiary/aromatic N) is 1. The monoisotopic (exact) mass is 361 g/mol. The smallest absolute Gasteiger partial charge is 0.264 e. The van der Waals surface area contributed by atoms with Crippen LogP contribution in [0.2, 0.25) is 0 Å². The van der Waals surface area contributed by atoms with Gasteiger partial charge in [-0.25, -0.2) is 0 Å². The zero-order valence-corrected chi connectivity index (χ0v) is 15.2. The molecule has 0 bridgehead atoms. The first-order valence-corrected chi connectivity index (χ1v) is 9.44. The second kappa shape index (κ2) is 8.36. The van der Waals surface area contributed by atoms with Crippen LogP contribution >= 0.6 is 11.3 Å². The molecule has 1 aromatic carbocycles. The Morgan fingerprint density at radius 1 is 1.16 bits per heavy atom. The standard InChI is InChI=1S/C19H23NO4S/c1-2-3-8-20(9-10-21)19(22)18-7-6-17(25-18)14-4-5-15-16(13-14)24-12-11-23-15/h4-7,13,21H,2-3,8-12H2,1H3. The lowest BCUT2D eigenvalue weighted by Crippen LogP contribution is -2.33. The summed E-state index contributed by atoms with van der Waals surface area (Å²) in [7, 11) is 0. The van der Waals surface area contributed by atoms with Crippen molar-refractivity contribution in [3.63, 3.8) is 0 Å². The first-order valence-electron chi connectivity index (χ1n) is 8.63. The number of aliphatic hydroxyl groups is 1. The van der Waals surface area contributed by atoms with Crippen LogP contribution < -0.4 is 9.47 Å². The minimum atomic E-state index is -0.0180. The molecular formula is C19H23NO4S. The summed E-state index contributed by atoms with van der Waals surface area (Å²) >= 11 is 1.46. The van der Waals surface area contributed by atoms with E-state index in [4.69, 9.17) is 9.47 Å². The summed E-state index contributed by atoms with van der Waals surface area (Å²) in [6.45, 7) is 4.24. The van der Waals surface area contributed by atoms with Crippen LogP contribution in [-0.2, 0) is 0 Å². The normalized spacial score (nSPS) is 12.9. The van der Waals surface area contributed by atoms with Crippen molar-refractivity contribution in [3.05, 3.63) is 35.2 Å². The molecule has 1 aromatic heterocycles. The summed E-state index contributed by atoms with van der Waals surface area (Å²) in [5.41, 5.74) is 1.01. The number of fused-ring (bicyclic) bond motifs is 1. The predicted octanol–water partition coefficient (Wildman–Crippen LogP) is 3.42. The number of unbranched alkanes of at least 4 members (excludes halogenated alkanes) is 1. The number of amides is 1. The van der Waals surface area contributed by atoms with Gasteiger partial charge in [-0.15, -0.1) is 11.3 Å². The van der Waals surface area contributed by atoms with E-state index in [0.717, 1.165) is 34.8 Å². The van der Waals surface area contributed by atoms with Gasteiger partial charge in [0, 0.05) is 18.0 Å². The van der Waals surface area contributed by atoms with E-state index in [-0.39, 0.29) is 12.5 Å². The van der Waals surface area contributed by atoms with Crippen molar-refractivity contribution in [2.75, 3.05) is 32.9 Å². The molecule has 5 nitrogen and oxygen atoms in total. The Kier molecular flexibility index (Phi) is 5.94. The molecule has 6 heteroatoms. The Morgan fingerprint density at radius 2 is 1.96 bits per heavy atom. The molecule has 0 atom stereocenters. The maximum Gasteiger partial charge on any atom is 0.264 e. The topological polar surface area (TPSA) is 59.0 Å². The predicted molar refractivity (Wildman–Crippen MR) is 98.6 cm³/mol. The highest BCUT2D eigenvalue weighted by atomic mass is 32.1. The second-order valence-electron chi connectivity index (χ2n) is 5.89. The zero-order valence-electron chi connectivity index (χ0n) is 14.4. The number of hydrogen-bond acceptors (Lipinski definition) is 5. The van der Waals surface area contributed by atoms with Gasteiger partial charge in [-0.2, -0.15) is 0 Å². The van der Waals surface area contributed by atoms with Crippen LogP contribution in [0.5, 0.6) is 11.5 Å². The van der Waals surface area contributed by atoms with E-state index < -0.39 is 0 Å². The molecule has 0 saturated heterocycles. The molecular weight excluding hydrogens is 338 g/mol. The van der Waals surface area contributed by atoms with Crippen LogP contribution in [-0.4, -0.2) is 48.8 Å². The summed E-state index contributed by atoms with van der Waals surface area (Å²) < 4.78 is 11.2. The van der Waals surface area contributed by atoms with Crippen LogP contribution in [0.4, 0.5) is 0 Å². The van der Waals surface area contributed by atoms with Gasteiger partial charge < -0.3 is 19.5 Å². The van der Waals surface area contributed by atoms with Crippen LogP contribution in [0.3, 0.4) is 0 Å². The van der Waals surface area contributed by atoms with Crippen molar-refractivity contribution in [3.8, 4) is 21.9 Å². The molecule has 3 rings (SSSR count). The molecule has 1 amide bonds. The number of ether oxygens (including phenoxy) is 2. The first-order chi connectivity index (χ1) is 12.2. The van der Waals surface area contributed by atoms with Gasteiger partial charge in [0.25, 0.3) is 5.91 Å². The summed E-state index contributed by atoms with van der Waals surface area (Å²) in [6, 6.07) is 9.66. The van der Waals surface area contributed by atoms with Crippen LogP contribution in [0.25, 0.3) is 10.4 Å². The van der Waals surface area contributed by atoms with Crippen molar-refractivity contribution in [1.29, 1.82) is 0 Å². The van der Waals surface area contributed by atoms with Crippen molar-refractivity contribution < 1.29 is 19.4 Å². The largest absolute Gasteiger partial charge is 0.486 e. The Hall–Kier alpha value is -2.05. The van der Waals surface area contributed by atoms with E-state index in [2.05, 4.69) is 6.92 Å². The average molecular weight is 361 g/mol. The lowest BCUT2D eigenvalue weighted by molar-refractivity contribution is 0.0724. The lowest BCUT2D eigenvalue weighted by Gasteiger charge is -2.20. The molecule has 134 valence electrons. The fraction of sp³-hybridized carbons (Fsp3) is 0.421. The molecule has 0 aliphatic carbocycles. The number of hydrogen-bond donors (Lipinski definition) is 1. The molecule has 1 aliphatic heterocycles. The molecule has 0 radical (unpaired) electrons. The molecule has 0 saturated carbocycles. The third-order valence-corrected chi connectivity index (χ3v) is 5.20. The Bertz CT molecular complexity index is 728. The molecule has 1 aliphatic rings. The molecule has 0 unspecified atom stereocenters. The van der Waals surface area contributed by atoms with E-state index >= 15 is 0 Å². The Labute approximate surface area is 151 Å².